The molecule has 0 bridgehead atoms. The maximum Gasteiger partial charge on any atom is 0.0606 e. The average molecular weight is 219 g/mol. The molecule has 2 rings (SSSR count). The van der Waals surface area contributed by atoms with Gasteiger partial charge in [-0.1, -0.05) is 0 Å². The predicted octanol–water partition coefficient (Wildman–Crippen LogP) is 2.11. The number of rotatable bonds is 3. The molecular formula is C13H21N3. The molecule has 1 saturated heterocycles. The van der Waals surface area contributed by atoms with Gasteiger partial charge >= 0.3 is 0 Å². The van der Waals surface area contributed by atoms with Crippen LogP contribution in [0.5, 0.6) is 0 Å². The number of aromatic nitrogens is 1. The van der Waals surface area contributed by atoms with Crippen molar-refractivity contribution in [2.45, 2.75) is 26.7 Å². The zero-order valence-corrected chi connectivity index (χ0v) is 10.2. The van der Waals surface area contributed by atoms with E-state index in [2.05, 4.69) is 34.7 Å². The van der Waals surface area contributed by atoms with Crippen LogP contribution in [0.4, 0.5) is 5.69 Å². The van der Waals surface area contributed by atoms with E-state index in [1.165, 1.54) is 25.1 Å². The molecule has 3 heteroatoms. The van der Waals surface area contributed by atoms with Gasteiger partial charge in [-0.3, -0.25) is 4.98 Å². The summed E-state index contributed by atoms with van der Waals surface area (Å²) in [6, 6.07) is 4.20. The van der Waals surface area contributed by atoms with Crippen LogP contribution >= 0.6 is 0 Å². The maximum absolute atomic E-state index is 4.46. The third-order valence-electron chi connectivity index (χ3n) is 3.21. The highest BCUT2D eigenvalue weighted by Gasteiger charge is 2.12. The van der Waals surface area contributed by atoms with Crippen molar-refractivity contribution in [1.82, 2.24) is 10.3 Å². The second-order valence-corrected chi connectivity index (χ2v) is 4.68. The summed E-state index contributed by atoms with van der Waals surface area (Å²) >= 11 is 0. The SMILES string of the molecule is Cc1ccc(NCC2CCCNC2)c(C)n1. The molecule has 2 N–H and O–H groups in total. The fourth-order valence-electron chi connectivity index (χ4n) is 2.23. The van der Waals surface area contributed by atoms with Crippen molar-refractivity contribution in [3.05, 3.63) is 23.5 Å². The van der Waals surface area contributed by atoms with Crippen molar-refractivity contribution < 1.29 is 0 Å². The van der Waals surface area contributed by atoms with E-state index in [4.69, 9.17) is 0 Å². The molecule has 3 nitrogen and oxygen atoms in total. The molecular weight excluding hydrogens is 198 g/mol. The lowest BCUT2D eigenvalue weighted by atomic mass is 10.00. The molecule has 1 fully saturated rings. The van der Waals surface area contributed by atoms with Gasteiger partial charge in [0.05, 0.1) is 11.4 Å². The summed E-state index contributed by atoms with van der Waals surface area (Å²) in [5.41, 5.74) is 3.36. The second-order valence-electron chi connectivity index (χ2n) is 4.68. The van der Waals surface area contributed by atoms with E-state index < -0.39 is 0 Å². The number of hydrogen-bond donors (Lipinski definition) is 2. The molecule has 0 aliphatic carbocycles. The first-order valence-corrected chi connectivity index (χ1v) is 6.14. The number of aryl methyl sites for hydroxylation is 2. The van der Waals surface area contributed by atoms with Crippen LogP contribution in [-0.2, 0) is 0 Å². The van der Waals surface area contributed by atoms with E-state index in [0.29, 0.717) is 0 Å². The molecule has 88 valence electrons. The smallest absolute Gasteiger partial charge is 0.0606 e. The normalized spacial score (nSPS) is 20.8. The number of nitrogens with one attached hydrogen (secondary N) is 2. The maximum atomic E-state index is 4.46. The van der Waals surface area contributed by atoms with Gasteiger partial charge in [0, 0.05) is 12.2 Å². The molecule has 1 aromatic heterocycles. The summed E-state index contributed by atoms with van der Waals surface area (Å²) in [7, 11) is 0. The molecule has 16 heavy (non-hydrogen) atoms. The largest absolute Gasteiger partial charge is 0.383 e. The number of hydrogen-bond acceptors (Lipinski definition) is 3. The summed E-state index contributed by atoms with van der Waals surface area (Å²) in [5.74, 6) is 0.759. The second kappa shape index (κ2) is 5.30. The van der Waals surface area contributed by atoms with Crippen molar-refractivity contribution in [1.29, 1.82) is 0 Å². The van der Waals surface area contributed by atoms with Gasteiger partial charge in [0.25, 0.3) is 0 Å². The summed E-state index contributed by atoms with van der Waals surface area (Å²) in [6.07, 6.45) is 2.63. The first kappa shape index (κ1) is 11.4. The predicted molar refractivity (Wildman–Crippen MR) is 67.8 cm³/mol. The molecule has 0 aromatic carbocycles. The van der Waals surface area contributed by atoms with Gasteiger partial charge in [-0.15, -0.1) is 0 Å². The Kier molecular flexibility index (Phi) is 3.78. The lowest BCUT2D eigenvalue weighted by Gasteiger charge is -2.23. The van der Waals surface area contributed by atoms with E-state index in [-0.39, 0.29) is 0 Å². The number of nitrogens with zero attached hydrogens (tertiary/aromatic N) is 1. The van der Waals surface area contributed by atoms with E-state index in [0.717, 1.165) is 30.4 Å². The van der Waals surface area contributed by atoms with Gasteiger partial charge in [0.1, 0.15) is 0 Å². The van der Waals surface area contributed by atoms with E-state index in [9.17, 15) is 0 Å². The van der Waals surface area contributed by atoms with Crippen LogP contribution in [0.1, 0.15) is 24.2 Å². The molecule has 0 saturated carbocycles. The molecule has 0 spiro atoms. The molecule has 1 atom stereocenters. The third-order valence-corrected chi connectivity index (χ3v) is 3.21. The topological polar surface area (TPSA) is 37.0 Å². The number of piperidine rings is 1. The van der Waals surface area contributed by atoms with Gasteiger partial charge in [-0.25, -0.2) is 0 Å². The van der Waals surface area contributed by atoms with E-state index >= 15 is 0 Å². The molecule has 1 aliphatic rings. The third kappa shape index (κ3) is 2.95. The Labute approximate surface area is 97.7 Å². The summed E-state index contributed by atoms with van der Waals surface area (Å²) < 4.78 is 0. The Balaban J connectivity index is 1.88. The highest BCUT2D eigenvalue weighted by molar-refractivity contribution is 5.47. The Morgan fingerprint density at radius 3 is 3.00 bits per heavy atom. The van der Waals surface area contributed by atoms with Gasteiger partial charge < -0.3 is 10.6 Å². The van der Waals surface area contributed by atoms with Crippen molar-refractivity contribution in [3.63, 3.8) is 0 Å². The fraction of sp³-hybridized carbons (Fsp3) is 0.615. The van der Waals surface area contributed by atoms with E-state index in [1.807, 2.05) is 6.92 Å². The fourth-order valence-corrected chi connectivity index (χ4v) is 2.23. The minimum atomic E-state index is 0.759. The standard InChI is InChI=1S/C13H21N3/c1-10-5-6-13(11(2)16-10)15-9-12-4-3-7-14-8-12/h5-6,12,14-15H,3-4,7-9H2,1-2H3. The van der Waals surface area contributed by atoms with Gasteiger partial charge in [0.15, 0.2) is 0 Å². The van der Waals surface area contributed by atoms with Crippen molar-refractivity contribution in [2.75, 3.05) is 25.0 Å². The molecule has 1 unspecified atom stereocenters. The molecule has 1 aliphatic heterocycles. The van der Waals surface area contributed by atoms with Gasteiger partial charge in [-0.05, 0) is 57.8 Å². The van der Waals surface area contributed by atoms with Crippen LogP contribution in [0, 0.1) is 19.8 Å². The molecule has 0 amide bonds. The number of pyridine rings is 1. The molecule has 1 aromatic rings. The first-order chi connectivity index (χ1) is 7.75. The zero-order valence-electron chi connectivity index (χ0n) is 10.2. The monoisotopic (exact) mass is 219 g/mol. The van der Waals surface area contributed by atoms with Gasteiger partial charge in [0.2, 0.25) is 0 Å². The Morgan fingerprint density at radius 1 is 1.44 bits per heavy atom. The van der Waals surface area contributed by atoms with Crippen molar-refractivity contribution in [2.24, 2.45) is 5.92 Å². The number of anilines is 1. The lowest BCUT2D eigenvalue weighted by molar-refractivity contribution is 0.393. The minimum Gasteiger partial charge on any atom is -0.383 e. The van der Waals surface area contributed by atoms with Crippen LogP contribution in [0.25, 0.3) is 0 Å². The summed E-state index contributed by atoms with van der Waals surface area (Å²) in [4.78, 5) is 4.46. The lowest BCUT2D eigenvalue weighted by Crippen LogP contribution is -2.33. The summed E-state index contributed by atoms with van der Waals surface area (Å²) in [5, 5.41) is 6.95. The highest BCUT2D eigenvalue weighted by atomic mass is 14.9. The van der Waals surface area contributed by atoms with Gasteiger partial charge in [-0.2, -0.15) is 0 Å². The molecule has 0 radical (unpaired) electrons. The van der Waals surface area contributed by atoms with Crippen LogP contribution in [-0.4, -0.2) is 24.6 Å². The Bertz CT molecular complexity index is 343. The van der Waals surface area contributed by atoms with Crippen LogP contribution in [0.15, 0.2) is 12.1 Å². The Hall–Kier alpha value is -1.09. The van der Waals surface area contributed by atoms with E-state index in [1.54, 1.807) is 0 Å². The average Bonchev–Trinajstić information content (AvgIpc) is 2.29. The first-order valence-electron chi connectivity index (χ1n) is 6.14. The van der Waals surface area contributed by atoms with Crippen molar-refractivity contribution in [3.8, 4) is 0 Å². The summed E-state index contributed by atoms with van der Waals surface area (Å²) in [6.45, 7) is 7.47. The molecule has 2 heterocycles. The van der Waals surface area contributed by atoms with Crippen LogP contribution in [0.2, 0.25) is 0 Å². The zero-order chi connectivity index (χ0) is 11.4. The van der Waals surface area contributed by atoms with Crippen LogP contribution < -0.4 is 10.6 Å². The quantitative estimate of drug-likeness (QED) is 0.817. The van der Waals surface area contributed by atoms with Crippen LogP contribution in [0.3, 0.4) is 0 Å². The van der Waals surface area contributed by atoms with Crippen molar-refractivity contribution >= 4 is 5.69 Å². The highest BCUT2D eigenvalue weighted by Crippen LogP contribution is 2.15. The Morgan fingerprint density at radius 2 is 2.31 bits per heavy atom. The minimum absolute atomic E-state index is 0.759.